The monoisotopic (exact) mass is 354 g/mol. The van der Waals surface area contributed by atoms with E-state index < -0.39 is 0 Å². The first-order chi connectivity index (χ1) is 9.47. The third-order valence-electron chi connectivity index (χ3n) is 2.95. The van der Waals surface area contributed by atoms with E-state index in [0.717, 1.165) is 20.1 Å². The predicted molar refractivity (Wildman–Crippen MR) is 89.8 cm³/mol. The molecule has 0 saturated carbocycles. The summed E-state index contributed by atoms with van der Waals surface area (Å²) in [5, 5.41) is 0. The third-order valence-corrected chi connectivity index (χ3v) is 4.63. The van der Waals surface area contributed by atoms with Gasteiger partial charge in [0.05, 0.1) is 3.79 Å². The first kappa shape index (κ1) is 15.4. The first-order valence-corrected chi connectivity index (χ1v) is 8.03. The van der Waals surface area contributed by atoms with E-state index in [-0.39, 0.29) is 12.1 Å². The van der Waals surface area contributed by atoms with Crippen LogP contribution in [0.1, 0.15) is 17.9 Å². The number of nitrogens with zero attached hydrogens (tertiary/aromatic N) is 1. The second-order valence-corrected chi connectivity index (χ2v) is 7.43. The van der Waals surface area contributed by atoms with Gasteiger partial charge in [-0.3, -0.25) is 0 Å². The topological polar surface area (TPSA) is 38.5 Å². The molecule has 1 heterocycles. The van der Waals surface area contributed by atoms with Gasteiger partial charge in [-0.15, -0.1) is 11.3 Å². The van der Waals surface area contributed by atoms with Crippen molar-refractivity contribution < 1.29 is 4.74 Å². The molecule has 108 valence electrons. The van der Waals surface area contributed by atoms with Gasteiger partial charge in [-0.1, -0.05) is 6.07 Å². The summed E-state index contributed by atoms with van der Waals surface area (Å²) in [4.78, 5) is 3.18. The molecule has 2 N–H and O–H groups in total. The summed E-state index contributed by atoms with van der Waals surface area (Å²) in [6.45, 7) is 1.97. The molecule has 0 aliphatic heterocycles. The van der Waals surface area contributed by atoms with Gasteiger partial charge in [0.1, 0.15) is 11.9 Å². The van der Waals surface area contributed by atoms with Crippen molar-refractivity contribution in [3.63, 3.8) is 0 Å². The maximum absolute atomic E-state index is 6.10. The molecule has 1 aromatic carbocycles. The van der Waals surface area contributed by atoms with Gasteiger partial charge in [0.2, 0.25) is 0 Å². The summed E-state index contributed by atoms with van der Waals surface area (Å²) in [5.74, 6) is 0.836. The van der Waals surface area contributed by atoms with E-state index in [4.69, 9.17) is 10.5 Å². The predicted octanol–water partition coefficient (Wildman–Crippen LogP) is 4.04. The van der Waals surface area contributed by atoms with Crippen LogP contribution in [0.5, 0.6) is 5.75 Å². The summed E-state index contributed by atoms with van der Waals surface area (Å²) in [5.41, 5.74) is 7.19. The van der Waals surface area contributed by atoms with Crippen LogP contribution in [-0.2, 0) is 0 Å². The molecule has 0 aliphatic rings. The van der Waals surface area contributed by atoms with E-state index in [0.29, 0.717) is 0 Å². The highest BCUT2D eigenvalue weighted by molar-refractivity contribution is 9.11. The number of rotatable bonds is 5. The lowest BCUT2D eigenvalue weighted by molar-refractivity contribution is 0.184. The van der Waals surface area contributed by atoms with Crippen molar-refractivity contribution in [2.45, 2.75) is 19.1 Å². The molecule has 1 aromatic heterocycles. The molecular weight excluding hydrogens is 336 g/mol. The van der Waals surface area contributed by atoms with E-state index in [1.807, 2.05) is 45.3 Å². The van der Waals surface area contributed by atoms with E-state index >= 15 is 0 Å². The Morgan fingerprint density at radius 1 is 1.25 bits per heavy atom. The number of thiophene rings is 1. The van der Waals surface area contributed by atoms with E-state index in [2.05, 4.69) is 33.0 Å². The summed E-state index contributed by atoms with van der Waals surface area (Å²) in [6, 6.07) is 12.0. The minimum Gasteiger partial charge on any atom is -0.483 e. The molecule has 0 radical (unpaired) electrons. The van der Waals surface area contributed by atoms with Crippen LogP contribution >= 0.6 is 27.3 Å². The fourth-order valence-corrected chi connectivity index (χ4v) is 3.46. The lowest BCUT2D eigenvalue weighted by Crippen LogP contribution is -2.28. The molecule has 2 rings (SSSR count). The molecule has 3 nitrogen and oxygen atoms in total. The molecule has 0 fully saturated rings. The van der Waals surface area contributed by atoms with E-state index in [1.54, 1.807) is 11.3 Å². The smallest absolute Gasteiger partial charge is 0.148 e. The van der Waals surface area contributed by atoms with Crippen LogP contribution in [0.25, 0.3) is 0 Å². The number of hydrogen-bond donors (Lipinski definition) is 1. The second-order valence-electron chi connectivity index (χ2n) is 4.93. The first-order valence-electron chi connectivity index (χ1n) is 6.42. The van der Waals surface area contributed by atoms with Gasteiger partial charge in [-0.05, 0) is 47.1 Å². The minimum absolute atomic E-state index is 0.0800. The number of benzene rings is 1. The molecule has 0 amide bonds. The van der Waals surface area contributed by atoms with Crippen LogP contribution in [0.15, 0.2) is 40.2 Å². The molecule has 2 unspecified atom stereocenters. The molecule has 0 aliphatic carbocycles. The van der Waals surface area contributed by atoms with Crippen molar-refractivity contribution in [3.05, 3.63) is 45.1 Å². The molecule has 0 bridgehead atoms. The fraction of sp³-hybridized carbons (Fsp3) is 0.333. The highest BCUT2D eigenvalue weighted by Gasteiger charge is 2.20. The zero-order valence-electron chi connectivity index (χ0n) is 11.8. The van der Waals surface area contributed by atoms with Crippen LogP contribution in [0.3, 0.4) is 0 Å². The molecule has 2 aromatic rings. The van der Waals surface area contributed by atoms with Gasteiger partial charge < -0.3 is 15.4 Å². The summed E-state index contributed by atoms with van der Waals surface area (Å²) >= 11 is 5.14. The molecule has 2 atom stereocenters. The number of anilines is 1. The van der Waals surface area contributed by atoms with Crippen LogP contribution in [0, 0.1) is 0 Å². The molecule has 0 saturated heterocycles. The van der Waals surface area contributed by atoms with Crippen LogP contribution in [0.2, 0.25) is 0 Å². The number of halogens is 1. The zero-order valence-corrected chi connectivity index (χ0v) is 14.2. The minimum atomic E-state index is -0.135. The van der Waals surface area contributed by atoms with Crippen molar-refractivity contribution >= 4 is 33.0 Å². The summed E-state index contributed by atoms with van der Waals surface area (Å²) < 4.78 is 7.19. The SMILES string of the molecule is CC(N)C(Oc1cccc(N(C)C)c1)c1ccc(Br)s1. The Hall–Kier alpha value is -1.04. The Morgan fingerprint density at radius 3 is 2.55 bits per heavy atom. The lowest BCUT2D eigenvalue weighted by Gasteiger charge is -2.22. The Balaban J connectivity index is 2.22. The maximum atomic E-state index is 6.10. The van der Waals surface area contributed by atoms with Gasteiger partial charge in [-0.25, -0.2) is 0 Å². The van der Waals surface area contributed by atoms with E-state index in [1.165, 1.54) is 0 Å². The average molecular weight is 355 g/mol. The van der Waals surface area contributed by atoms with Crippen LogP contribution in [-0.4, -0.2) is 20.1 Å². The van der Waals surface area contributed by atoms with Crippen molar-refractivity contribution in [2.75, 3.05) is 19.0 Å². The molecule has 5 heteroatoms. The second kappa shape index (κ2) is 6.61. The Bertz CT molecular complexity index is 569. The summed E-state index contributed by atoms with van der Waals surface area (Å²) in [7, 11) is 4.02. The zero-order chi connectivity index (χ0) is 14.7. The normalized spacial score (nSPS) is 13.8. The largest absolute Gasteiger partial charge is 0.483 e. The summed E-state index contributed by atoms with van der Waals surface area (Å²) in [6.07, 6.45) is -0.135. The average Bonchev–Trinajstić information content (AvgIpc) is 2.82. The lowest BCUT2D eigenvalue weighted by atomic mass is 10.1. The highest BCUT2D eigenvalue weighted by Crippen LogP contribution is 2.32. The van der Waals surface area contributed by atoms with Crippen molar-refractivity contribution in [1.82, 2.24) is 0 Å². The quantitative estimate of drug-likeness (QED) is 0.880. The maximum Gasteiger partial charge on any atom is 0.148 e. The standard InChI is InChI=1S/C15H19BrN2OS/c1-10(17)15(13-7-8-14(16)20-13)19-12-6-4-5-11(9-12)18(2)3/h4-10,15H,17H2,1-3H3. The molecule has 0 spiro atoms. The number of ether oxygens (including phenoxy) is 1. The molecule has 20 heavy (non-hydrogen) atoms. The van der Waals surface area contributed by atoms with Gasteiger partial charge in [0, 0.05) is 36.8 Å². The Labute approximate surface area is 132 Å². The number of nitrogens with two attached hydrogens (primary N) is 1. The van der Waals surface area contributed by atoms with Gasteiger partial charge >= 0.3 is 0 Å². The Kier molecular flexibility index (Phi) is 5.07. The highest BCUT2D eigenvalue weighted by atomic mass is 79.9. The van der Waals surface area contributed by atoms with Gasteiger partial charge in [0.15, 0.2) is 0 Å². The van der Waals surface area contributed by atoms with Gasteiger partial charge in [-0.2, -0.15) is 0 Å². The van der Waals surface area contributed by atoms with E-state index in [9.17, 15) is 0 Å². The van der Waals surface area contributed by atoms with Crippen molar-refractivity contribution in [1.29, 1.82) is 0 Å². The van der Waals surface area contributed by atoms with Gasteiger partial charge in [0.25, 0.3) is 0 Å². The Morgan fingerprint density at radius 2 is 2.00 bits per heavy atom. The number of hydrogen-bond acceptors (Lipinski definition) is 4. The third kappa shape index (κ3) is 3.75. The van der Waals surface area contributed by atoms with Crippen molar-refractivity contribution in [2.24, 2.45) is 5.73 Å². The fourth-order valence-electron chi connectivity index (χ4n) is 1.89. The van der Waals surface area contributed by atoms with Crippen LogP contribution in [0.4, 0.5) is 5.69 Å². The molecular formula is C15H19BrN2OS. The van der Waals surface area contributed by atoms with Crippen LogP contribution < -0.4 is 15.4 Å². The van der Waals surface area contributed by atoms with Crippen molar-refractivity contribution in [3.8, 4) is 5.75 Å².